The lowest BCUT2D eigenvalue weighted by Crippen LogP contribution is -2.58. The van der Waals surface area contributed by atoms with Crippen LogP contribution in [0.25, 0.3) is 0 Å². The standard InChI is InChI=1S/C21H34N6O7S/c1-11(2)6-13(22)18(30)26-16(8-17(28)29)20(32)27-15(7-12-9-23-10-24-12)19(31)25-14(21(33)34)4-5-35-3/h9-11,13-16H,4-8,22H2,1-3H3,(H,23,24)(H,25,31)(H,26,30)(H,27,32)(H,28,29)(H,33,34). The van der Waals surface area contributed by atoms with E-state index in [0.29, 0.717) is 17.9 Å². The summed E-state index contributed by atoms with van der Waals surface area (Å²) in [5.41, 5.74) is 6.31. The Hall–Kier alpha value is -3.13. The van der Waals surface area contributed by atoms with Crippen LogP contribution in [-0.2, 0) is 30.4 Å². The number of carbonyl (C=O) groups is 5. The smallest absolute Gasteiger partial charge is 0.326 e. The highest BCUT2D eigenvalue weighted by Crippen LogP contribution is 2.07. The minimum Gasteiger partial charge on any atom is -0.481 e. The number of thioether (sulfide) groups is 1. The summed E-state index contributed by atoms with van der Waals surface area (Å²) < 4.78 is 0. The van der Waals surface area contributed by atoms with Crippen LogP contribution in [0.1, 0.15) is 38.8 Å². The molecule has 196 valence electrons. The summed E-state index contributed by atoms with van der Waals surface area (Å²) in [6.07, 6.45) is 4.27. The van der Waals surface area contributed by atoms with Crippen molar-refractivity contribution < 1.29 is 34.2 Å². The van der Waals surface area contributed by atoms with Gasteiger partial charge in [0.25, 0.3) is 0 Å². The van der Waals surface area contributed by atoms with Gasteiger partial charge in [-0.15, -0.1) is 0 Å². The molecule has 14 heteroatoms. The summed E-state index contributed by atoms with van der Waals surface area (Å²) in [6.45, 7) is 3.72. The molecule has 3 amide bonds. The fourth-order valence-electron chi connectivity index (χ4n) is 3.14. The van der Waals surface area contributed by atoms with Crippen molar-refractivity contribution in [3.05, 3.63) is 18.2 Å². The second-order valence-corrected chi connectivity index (χ2v) is 9.40. The predicted molar refractivity (Wildman–Crippen MR) is 128 cm³/mol. The number of nitrogens with two attached hydrogens (primary N) is 1. The molecule has 0 fully saturated rings. The normalized spacial score (nSPS) is 14.4. The van der Waals surface area contributed by atoms with Crippen LogP contribution < -0.4 is 21.7 Å². The van der Waals surface area contributed by atoms with Gasteiger partial charge in [0.05, 0.1) is 18.8 Å². The fraction of sp³-hybridized carbons (Fsp3) is 0.619. The van der Waals surface area contributed by atoms with Crippen molar-refractivity contribution in [2.45, 2.75) is 63.7 Å². The first-order valence-electron chi connectivity index (χ1n) is 11.0. The topological polar surface area (TPSA) is 217 Å². The SMILES string of the molecule is CSCCC(NC(=O)C(Cc1cnc[nH]1)NC(=O)C(CC(=O)O)NC(=O)C(N)CC(C)C)C(=O)O. The van der Waals surface area contributed by atoms with Crippen LogP contribution >= 0.6 is 11.8 Å². The quantitative estimate of drug-likeness (QED) is 0.144. The number of amides is 3. The molecule has 0 aliphatic heterocycles. The predicted octanol–water partition coefficient (Wildman–Crippen LogP) is -0.908. The zero-order chi connectivity index (χ0) is 26.5. The Balaban J connectivity index is 3.05. The van der Waals surface area contributed by atoms with E-state index in [2.05, 4.69) is 25.9 Å². The lowest BCUT2D eigenvalue weighted by Gasteiger charge is -2.24. The van der Waals surface area contributed by atoms with Crippen LogP contribution in [0.2, 0.25) is 0 Å². The second-order valence-electron chi connectivity index (χ2n) is 8.42. The molecule has 4 atom stereocenters. The molecule has 0 spiro atoms. The molecule has 0 aliphatic rings. The van der Waals surface area contributed by atoms with Gasteiger partial charge in [-0.3, -0.25) is 19.2 Å². The van der Waals surface area contributed by atoms with Crippen LogP contribution in [0, 0.1) is 5.92 Å². The Morgan fingerprint density at radius 3 is 2.14 bits per heavy atom. The minimum absolute atomic E-state index is 0.0763. The molecule has 1 aromatic heterocycles. The highest BCUT2D eigenvalue weighted by molar-refractivity contribution is 7.98. The highest BCUT2D eigenvalue weighted by Gasteiger charge is 2.31. The zero-order valence-corrected chi connectivity index (χ0v) is 20.8. The second kappa shape index (κ2) is 15.0. The Morgan fingerprint density at radius 1 is 1.03 bits per heavy atom. The molecule has 35 heavy (non-hydrogen) atoms. The largest absolute Gasteiger partial charge is 0.481 e. The molecule has 0 aromatic carbocycles. The first kappa shape index (κ1) is 29.9. The third-order valence-corrected chi connectivity index (χ3v) is 5.55. The van der Waals surface area contributed by atoms with Crippen molar-refractivity contribution in [3.63, 3.8) is 0 Å². The molecule has 0 bridgehead atoms. The number of H-pyrrole nitrogens is 1. The van der Waals surface area contributed by atoms with E-state index in [0.717, 1.165) is 0 Å². The van der Waals surface area contributed by atoms with E-state index in [9.17, 15) is 34.2 Å². The number of aromatic nitrogens is 2. The van der Waals surface area contributed by atoms with Gasteiger partial charge in [0.1, 0.15) is 18.1 Å². The van der Waals surface area contributed by atoms with E-state index in [4.69, 9.17) is 5.73 Å². The summed E-state index contributed by atoms with van der Waals surface area (Å²) in [5, 5.41) is 25.8. The van der Waals surface area contributed by atoms with Crippen molar-refractivity contribution in [3.8, 4) is 0 Å². The maximum absolute atomic E-state index is 12.9. The van der Waals surface area contributed by atoms with Crippen LogP contribution in [-0.4, -0.2) is 86.0 Å². The Morgan fingerprint density at radius 2 is 1.63 bits per heavy atom. The van der Waals surface area contributed by atoms with E-state index < -0.39 is 60.2 Å². The lowest BCUT2D eigenvalue weighted by atomic mass is 10.0. The summed E-state index contributed by atoms with van der Waals surface area (Å²) in [5.74, 6) is -4.39. The molecule has 8 N–H and O–H groups in total. The molecule has 1 aromatic rings. The number of nitrogens with one attached hydrogen (secondary N) is 4. The summed E-state index contributed by atoms with van der Waals surface area (Å²) in [7, 11) is 0. The molecular formula is C21H34N6O7S. The molecule has 4 unspecified atom stereocenters. The monoisotopic (exact) mass is 514 g/mol. The third kappa shape index (κ3) is 11.2. The van der Waals surface area contributed by atoms with E-state index in [1.165, 1.54) is 24.3 Å². The van der Waals surface area contributed by atoms with E-state index >= 15 is 0 Å². The molecule has 0 saturated carbocycles. The number of carboxylic acid groups (broad SMARTS) is 2. The number of hydrogen-bond donors (Lipinski definition) is 7. The van der Waals surface area contributed by atoms with Crippen LogP contribution in [0.3, 0.4) is 0 Å². The first-order valence-corrected chi connectivity index (χ1v) is 12.4. The summed E-state index contributed by atoms with van der Waals surface area (Å²) >= 11 is 1.41. The molecular weight excluding hydrogens is 480 g/mol. The van der Waals surface area contributed by atoms with Crippen LogP contribution in [0.4, 0.5) is 0 Å². The molecule has 0 saturated heterocycles. The van der Waals surface area contributed by atoms with Gasteiger partial charge in [0.2, 0.25) is 17.7 Å². The van der Waals surface area contributed by atoms with Gasteiger partial charge in [-0.1, -0.05) is 13.8 Å². The Kier molecular flexibility index (Phi) is 12.8. The molecule has 13 nitrogen and oxygen atoms in total. The van der Waals surface area contributed by atoms with Crippen molar-refractivity contribution in [1.29, 1.82) is 0 Å². The Labute approximate surface area is 207 Å². The van der Waals surface area contributed by atoms with Gasteiger partial charge in [-0.25, -0.2) is 9.78 Å². The number of carbonyl (C=O) groups excluding carboxylic acids is 3. The number of hydrogen-bond acceptors (Lipinski definition) is 8. The number of rotatable bonds is 16. The zero-order valence-electron chi connectivity index (χ0n) is 19.9. The maximum atomic E-state index is 12.9. The highest BCUT2D eigenvalue weighted by atomic mass is 32.2. The van der Waals surface area contributed by atoms with Gasteiger partial charge < -0.3 is 36.9 Å². The lowest BCUT2D eigenvalue weighted by molar-refractivity contribution is -0.143. The van der Waals surface area contributed by atoms with E-state index in [1.807, 2.05) is 13.8 Å². The van der Waals surface area contributed by atoms with Crippen molar-refractivity contribution >= 4 is 41.4 Å². The molecule has 0 aliphatic carbocycles. The minimum atomic E-state index is -1.50. The van der Waals surface area contributed by atoms with Gasteiger partial charge in [0.15, 0.2) is 0 Å². The van der Waals surface area contributed by atoms with Gasteiger partial charge in [-0.2, -0.15) is 11.8 Å². The number of carboxylic acids is 2. The van der Waals surface area contributed by atoms with Crippen molar-refractivity contribution in [2.75, 3.05) is 12.0 Å². The first-order chi connectivity index (χ1) is 16.4. The number of imidazole rings is 1. The Bertz CT molecular complexity index is 864. The van der Waals surface area contributed by atoms with Crippen LogP contribution in [0.5, 0.6) is 0 Å². The number of aliphatic carboxylic acids is 2. The van der Waals surface area contributed by atoms with Gasteiger partial charge >= 0.3 is 11.9 Å². The third-order valence-electron chi connectivity index (χ3n) is 4.91. The average Bonchev–Trinajstić information content (AvgIpc) is 3.27. The maximum Gasteiger partial charge on any atom is 0.326 e. The summed E-state index contributed by atoms with van der Waals surface area (Å²) in [6, 6.07) is -4.89. The molecule has 1 heterocycles. The van der Waals surface area contributed by atoms with E-state index in [-0.39, 0.29) is 18.8 Å². The van der Waals surface area contributed by atoms with Gasteiger partial charge in [0, 0.05) is 18.3 Å². The fourth-order valence-corrected chi connectivity index (χ4v) is 3.61. The van der Waals surface area contributed by atoms with Crippen LogP contribution in [0.15, 0.2) is 12.5 Å². The van der Waals surface area contributed by atoms with Crippen molar-refractivity contribution in [1.82, 2.24) is 25.9 Å². The summed E-state index contributed by atoms with van der Waals surface area (Å²) in [4.78, 5) is 67.8. The molecule has 1 rings (SSSR count). The molecule has 0 radical (unpaired) electrons. The van der Waals surface area contributed by atoms with Gasteiger partial charge in [-0.05, 0) is 30.8 Å². The number of nitrogens with zero attached hydrogens (tertiary/aromatic N) is 1. The number of aromatic amines is 1. The van der Waals surface area contributed by atoms with E-state index in [1.54, 1.807) is 6.26 Å². The average molecular weight is 515 g/mol. The van der Waals surface area contributed by atoms with Crippen molar-refractivity contribution in [2.24, 2.45) is 11.7 Å².